The molecule has 3 rings (SSSR count). The summed E-state index contributed by atoms with van der Waals surface area (Å²) in [5, 5.41) is 2.11. The Morgan fingerprint density at radius 1 is 1.13 bits per heavy atom. The molecule has 0 bridgehead atoms. The Morgan fingerprint density at radius 3 is 2.52 bits per heavy atom. The largest absolute Gasteiger partial charge is 0.455 e. The fraction of sp³-hybridized carbons (Fsp3) is 0.318. The molecule has 1 fully saturated rings. The first kappa shape index (κ1) is 22.3. The van der Waals surface area contributed by atoms with Crippen molar-refractivity contribution in [2.24, 2.45) is 5.92 Å². The summed E-state index contributed by atoms with van der Waals surface area (Å²) in [6, 6.07) is 11.9. The van der Waals surface area contributed by atoms with Gasteiger partial charge in [-0.15, -0.1) is 0 Å². The number of anilines is 2. The van der Waals surface area contributed by atoms with Crippen LogP contribution in [0, 0.1) is 5.92 Å². The predicted molar refractivity (Wildman–Crippen MR) is 107 cm³/mol. The van der Waals surface area contributed by atoms with Crippen LogP contribution < -0.4 is 10.2 Å². The standard InChI is InChI=1S/C22H21F3N2O4/c1-2-14-7-3-6-10-18(14)27-12-15(11-20(27)29)21(30)31-13-19(28)26-17-9-5-4-8-16(17)22(23,24)25/h3-10,15H,2,11-13H2,1H3,(H,26,28)/t15-/m1/s1. The van der Waals surface area contributed by atoms with Gasteiger partial charge in [0.25, 0.3) is 5.91 Å². The molecule has 0 saturated carbocycles. The van der Waals surface area contributed by atoms with E-state index in [9.17, 15) is 27.6 Å². The van der Waals surface area contributed by atoms with Crippen molar-refractivity contribution in [3.63, 3.8) is 0 Å². The van der Waals surface area contributed by atoms with Crippen molar-refractivity contribution in [2.45, 2.75) is 25.9 Å². The van der Waals surface area contributed by atoms with Crippen molar-refractivity contribution in [3.8, 4) is 0 Å². The maximum Gasteiger partial charge on any atom is 0.418 e. The minimum Gasteiger partial charge on any atom is -0.455 e. The third-order valence-electron chi connectivity index (χ3n) is 4.97. The average Bonchev–Trinajstić information content (AvgIpc) is 3.13. The molecule has 1 N–H and O–H groups in total. The molecule has 6 nitrogen and oxygen atoms in total. The topological polar surface area (TPSA) is 75.7 Å². The quantitative estimate of drug-likeness (QED) is 0.702. The highest BCUT2D eigenvalue weighted by atomic mass is 19.4. The number of alkyl halides is 3. The number of nitrogens with zero attached hydrogens (tertiary/aromatic N) is 1. The van der Waals surface area contributed by atoms with Crippen molar-refractivity contribution >= 4 is 29.2 Å². The second-order valence-corrected chi connectivity index (χ2v) is 7.09. The zero-order valence-electron chi connectivity index (χ0n) is 16.7. The molecule has 2 aromatic carbocycles. The van der Waals surface area contributed by atoms with Gasteiger partial charge in [-0.25, -0.2) is 0 Å². The van der Waals surface area contributed by atoms with Crippen LogP contribution in [0.5, 0.6) is 0 Å². The van der Waals surface area contributed by atoms with Crippen molar-refractivity contribution in [1.29, 1.82) is 0 Å². The minimum atomic E-state index is -4.64. The highest BCUT2D eigenvalue weighted by molar-refractivity contribution is 6.00. The van der Waals surface area contributed by atoms with Crippen LogP contribution in [-0.2, 0) is 31.7 Å². The molecule has 0 unspecified atom stereocenters. The van der Waals surface area contributed by atoms with Crippen LogP contribution in [-0.4, -0.2) is 30.9 Å². The van der Waals surface area contributed by atoms with E-state index < -0.39 is 41.8 Å². The SMILES string of the molecule is CCc1ccccc1N1C[C@H](C(=O)OCC(=O)Nc2ccccc2C(F)(F)F)CC1=O. The van der Waals surface area contributed by atoms with Crippen LogP contribution in [0.3, 0.4) is 0 Å². The van der Waals surface area contributed by atoms with Crippen molar-refractivity contribution < 1.29 is 32.3 Å². The molecule has 9 heteroatoms. The highest BCUT2D eigenvalue weighted by Gasteiger charge is 2.37. The number of para-hydroxylation sites is 2. The van der Waals surface area contributed by atoms with Crippen LogP contribution in [0.1, 0.15) is 24.5 Å². The van der Waals surface area contributed by atoms with Crippen molar-refractivity contribution in [1.82, 2.24) is 0 Å². The third kappa shape index (κ3) is 5.22. The molecule has 2 aromatic rings. The Balaban J connectivity index is 1.58. The summed E-state index contributed by atoms with van der Waals surface area (Å²) in [7, 11) is 0. The summed E-state index contributed by atoms with van der Waals surface area (Å²) in [6.07, 6.45) is -3.98. The summed E-state index contributed by atoms with van der Waals surface area (Å²) in [6.45, 7) is 1.33. The van der Waals surface area contributed by atoms with Gasteiger partial charge in [-0.05, 0) is 30.2 Å². The zero-order chi connectivity index (χ0) is 22.6. The molecular formula is C22H21F3N2O4. The van der Waals surface area contributed by atoms with E-state index in [1.54, 1.807) is 12.1 Å². The van der Waals surface area contributed by atoms with Gasteiger partial charge >= 0.3 is 12.1 Å². The lowest BCUT2D eigenvalue weighted by atomic mass is 10.1. The first-order valence-corrected chi connectivity index (χ1v) is 9.71. The predicted octanol–water partition coefficient (Wildman–Crippen LogP) is 3.80. The van der Waals surface area contributed by atoms with E-state index in [0.717, 1.165) is 23.4 Å². The molecule has 0 spiro atoms. The lowest BCUT2D eigenvalue weighted by Gasteiger charge is -2.19. The van der Waals surface area contributed by atoms with E-state index in [2.05, 4.69) is 5.32 Å². The van der Waals surface area contributed by atoms with Crippen molar-refractivity contribution in [2.75, 3.05) is 23.4 Å². The Morgan fingerprint density at radius 2 is 1.81 bits per heavy atom. The number of ether oxygens (including phenoxy) is 1. The summed E-state index contributed by atoms with van der Waals surface area (Å²) in [4.78, 5) is 38.3. The molecule has 31 heavy (non-hydrogen) atoms. The summed E-state index contributed by atoms with van der Waals surface area (Å²) in [5.41, 5.74) is 0.273. The van der Waals surface area contributed by atoms with Gasteiger partial charge in [-0.1, -0.05) is 37.3 Å². The van der Waals surface area contributed by atoms with Crippen LogP contribution in [0.4, 0.5) is 24.5 Å². The first-order chi connectivity index (χ1) is 14.7. The normalized spacial score (nSPS) is 16.3. The van der Waals surface area contributed by atoms with Crippen molar-refractivity contribution in [3.05, 3.63) is 59.7 Å². The number of carbonyl (C=O) groups excluding carboxylic acids is 3. The Hall–Kier alpha value is -3.36. The monoisotopic (exact) mass is 434 g/mol. The molecule has 1 aliphatic heterocycles. The zero-order valence-corrected chi connectivity index (χ0v) is 16.7. The van der Waals surface area contributed by atoms with Gasteiger partial charge in [-0.3, -0.25) is 14.4 Å². The Labute approximate surface area is 177 Å². The number of rotatable bonds is 6. The number of hydrogen-bond donors (Lipinski definition) is 1. The van der Waals surface area contributed by atoms with Gasteiger partial charge in [-0.2, -0.15) is 13.2 Å². The number of carbonyl (C=O) groups is 3. The van der Waals surface area contributed by atoms with Crippen LogP contribution >= 0.6 is 0 Å². The molecule has 2 amide bonds. The highest BCUT2D eigenvalue weighted by Crippen LogP contribution is 2.34. The number of hydrogen-bond acceptors (Lipinski definition) is 4. The number of aryl methyl sites for hydroxylation is 1. The third-order valence-corrected chi connectivity index (χ3v) is 4.97. The molecule has 0 aromatic heterocycles. The first-order valence-electron chi connectivity index (χ1n) is 9.71. The van der Waals surface area contributed by atoms with Gasteiger partial charge in [0.2, 0.25) is 5.91 Å². The molecule has 1 atom stereocenters. The number of halogens is 3. The van der Waals surface area contributed by atoms with E-state index in [1.807, 2.05) is 19.1 Å². The number of amides is 2. The van der Waals surface area contributed by atoms with Gasteiger partial charge in [0.1, 0.15) is 0 Å². The lowest BCUT2D eigenvalue weighted by Crippen LogP contribution is -2.29. The fourth-order valence-electron chi connectivity index (χ4n) is 3.45. The summed E-state index contributed by atoms with van der Waals surface area (Å²) in [5.74, 6) is -2.63. The molecule has 0 aliphatic carbocycles. The van der Waals surface area contributed by atoms with Crippen LogP contribution in [0.25, 0.3) is 0 Å². The summed E-state index contributed by atoms with van der Waals surface area (Å²) < 4.78 is 44.0. The number of benzene rings is 2. The van der Waals surface area contributed by atoms with Gasteiger partial charge in [0, 0.05) is 18.7 Å². The maximum atomic E-state index is 13.0. The Bertz CT molecular complexity index is 991. The fourth-order valence-corrected chi connectivity index (χ4v) is 3.45. The number of esters is 1. The van der Waals surface area contributed by atoms with E-state index >= 15 is 0 Å². The molecule has 1 heterocycles. The van der Waals surface area contributed by atoms with Crippen LogP contribution in [0.2, 0.25) is 0 Å². The van der Waals surface area contributed by atoms with E-state index in [-0.39, 0.29) is 18.9 Å². The van der Waals surface area contributed by atoms with Gasteiger partial charge in [0.05, 0.1) is 17.2 Å². The molecular weight excluding hydrogens is 413 g/mol. The van der Waals surface area contributed by atoms with Gasteiger partial charge in [0.15, 0.2) is 6.61 Å². The average molecular weight is 434 g/mol. The molecule has 1 aliphatic rings. The summed E-state index contributed by atoms with van der Waals surface area (Å²) >= 11 is 0. The van der Waals surface area contributed by atoms with E-state index in [1.165, 1.54) is 17.0 Å². The smallest absolute Gasteiger partial charge is 0.418 e. The Kier molecular flexibility index (Phi) is 6.62. The molecule has 0 radical (unpaired) electrons. The van der Waals surface area contributed by atoms with Gasteiger partial charge < -0.3 is 15.0 Å². The maximum absolute atomic E-state index is 13.0. The van der Waals surface area contributed by atoms with E-state index in [4.69, 9.17) is 4.74 Å². The van der Waals surface area contributed by atoms with E-state index in [0.29, 0.717) is 6.42 Å². The second-order valence-electron chi connectivity index (χ2n) is 7.09. The minimum absolute atomic E-state index is 0.0601. The number of nitrogens with one attached hydrogen (secondary N) is 1. The molecule has 1 saturated heterocycles. The second kappa shape index (κ2) is 9.20. The lowest BCUT2D eigenvalue weighted by molar-refractivity contribution is -0.151. The molecule has 164 valence electrons. The van der Waals surface area contributed by atoms with Crippen LogP contribution in [0.15, 0.2) is 48.5 Å².